The molecule has 1 aromatic heterocycles. The number of aryl methyl sites for hydroxylation is 1. The molecular formula is C13H15N3O2S. The van der Waals surface area contributed by atoms with Gasteiger partial charge in [-0.15, -0.1) is 11.3 Å². The molecule has 1 atom stereocenters. The molecule has 0 spiro atoms. The predicted molar refractivity (Wildman–Crippen MR) is 75.2 cm³/mol. The Morgan fingerprint density at radius 3 is 2.95 bits per heavy atom. The standard InChI is InChI=1S/C13H15N3O2S/c1-9-3-4-11(5-13(9)16(17)18)10(2)14-6-12-7-19-8-15-12/h3-5,7-8,10,14H,6H2,1-2H3. The van der Waals surface area contributed by atoms with Crippen molar-refractivity contribution in [2.45, 2.75) is 26.4 Å². The summed E-state index contributed by atoms with van der Waals surface area (Å²) >= 11 is 1.55. The molecule has 1 aromatic carbocycles. The Hall–Kier alpha value is -1.79. The van der Waals surface area contributed by atoms with Gasteiger partial charge in [-0.1, -0.05) is 12.1 Å². The van der Waals surface area contributed by atoms with E-state index in [0.717, 1.165) is 11.3 Å². The molecule has 100 valence electrons. The number of benzene rings is 1. The van der Waals surface area contributed by atoms with Crippen molar-refractivity contribution < 1.29 is 4.92 Å². The van der Waals surface area contributed by atoms with Crippen molar-refractivity contribution in [1.82, 2.24) is 10.3 Å². The third-order valence-electron chi connectivity index (χ3n) is 3.00. The minimum atomic E-state index is -0.341. The Bertz CT molecular complexity index is 569. The highest BCUT2D eigenvalue weighted by molar-refractivity contribution is 7.07. The maximum absolute atomic E-state index is 10.9. The molecule has 0 radical (unpaired) electrons. The molecule has 0 saturated carbocycles. The summed E-state index contributed by atoms with van der Waals surface area (Å²) in [5, 5.41) is 16.2. The number of hydrogen-bond donors (Lipinski definition) is 1. The van der Waals surface area contributed by atoms with Crippen LogP contribution >= 0.6 is 11.3 Å². The molecule has 0 bridgehead atoms. The molecule has 0 fully saturated rings. The first-order valence-electron chi connectivity index (χ1n) is 5.93. The van der Waals surface area contributed by atoms with Crippen LogP contribution in [0.2, 0.25) is 0 Å². The fourth-order valence-electron chi connectivity index (χ4n) is 1.79. The zero-order valence-electron chi connectivity index (χ0n) is 10.8. The van der Waals surface area contributed by atoms with Gasteiger partial charge in [-0.3, -0.25) is 10.1 Å². The van der Waals surface area contributed by atoms with E-state index in [4.69, 9.17) is 0 Å². The van der Waals surface area contributed by atoms with Gasteiger partial charge in [-0.2, -0.15) is 0 Å². The zero-order valence-corrected chi connectivity index (χ0v) is 11.6. The van der Waals surface area contributed by atoms with Crippen LogP contribution < -0.4 is 5.32 Å². The highest BCUT2D eigenvalue weighted by Gasteiger charge is 2.14. The fraction of sp³-hybridized carbons (Fsp3) is 0.308. The number of nitro groups is 1. The van der Waals surface area contributed by atoms with Crippen LogP contribution in [-0.4, -0.2) is 9.91 Å². The Labute approximate surface area is 115 Å². The smallest absolute Gasteiger partial charge is 0.272 e. The molecule has 19 heavy (non-hydrogen) atoms. The lowest BCUT2D eigenvalue weighted by Gasteiger charge is -2.13. The van der Waals surface area contributed by atoms with Crippen LogP contribution in [0.5, 0.6) is 0 Å². The van der Waals surface area contributed by atoms with Crippen molar-refractivity contribution in [3.05, 3.63) is 56.0 Å². The van der Waals surface area contributed by atoms with E-state index in [1.807, 2.05) is 18.4 Å². The lowest BCUT2D eigenvalue weighted by Crippen LogP contribution is -2.18. The van der Waals surface area contributed by atoms with Gasteiger partial charge in [0, 0.05) is 29.6 Å². The number of aromatic nitrogens is 1. The molecule has 6 heteroatoms. The van der Waals surface area contributed by atoms with Crippen LogP contribution in [0, 0.1) is 17.0 Å². The normalized spacial score (nSPS) is 12.3. The van der Waals surface area contributed by atoms with Gasteiger partial charge in [0.25, 0.3) is 5.69 Å². The maximum atomic E-state index is 10.9. The third kappa shape index (κ3) is 3.36. The van der Waals surface area contributed by atoms with Crippen LogP contribution in [0.15, 0.2) is 29.1 Å². The van der Waals surface area contributed by atoms with Crippen molar-refractivity contribution >= 4 is 17.0 Å². The van der Waals surface area contributed by atoms with Crippen molar-refractivity contribution in [3.63, 3.8) is 0 Å². The highest BCUT2D eigenvalue weighted by atomic mass is 32.1. The van der Waals surface area contributed by atoms with Crippen LogP contribution in [0.1, 0.15) is 29.8 Å². The molecule has 1 heterocycles. The van der Waals surface area contributed by atoms with Gasteiger partial charge in [0.05, 0.1) is 16.1 Å². The summed E-state index contributed by atoms with van der Waals surface area (Å²) < 4.78 is 0. The number of hydrogen-bond acceptors (Lipinski definition) is 5. The first-order valence-corrected chi connectivity index (χ1v) is 6.87. The fourth-order valence-corrected chi connectivity index (χ4v) is 2.35. The molecule has 2 rings (SSSR count). The van der Waals surface area contributed by atoms with Gasteiger partial charge in [0.15, 0.2) is 0 Å². The van der Waals surface area contributed by atoms with Gasteiger partial charge in [-0.05, 0) is 19.4 Å². The Balaban J connectivity index is 2.08. The highest BCUT2D eigenvalue weighted by Crippen LogP contribution is 2.23. The summed E-state index contributed by atoms with van der Waals surface area (Å²) in [6.07, 6.45) is 0. The van der Waals surface area contributed by atoms with E-state index in [1.165, 1.54) is 0 Å². The molecule has 0 saturated heterocycles. The summed E-state index contributed by atoms with van der Waals surface area (Å²) in [6.45, 7) is 4.39. The average molecular weight is 277 g/mol. The van der Waals surface area contributed by atoms with Crippen molar-refractivity contribution in [2.24, 2.45) is 0 Å². The van der Waals surface area contributed by atoms with Gasteiger partial charge in [-0.25, -0.2) is 4.98 Å². The van der Waals surface area contributed by atoms with E-state index in [1.54, 1.807) is 35.9 Å². The van der Waals surface area contributed by atoms with E-state index in [9.17, 15) is 10.1 Å². The largest absolute Gasteiger partial charge is 0.305 e. The lowest BCUT2D eigenvalue weighted by molar-refractivity contribution is -0.385. The van der Waals surface area contributed by atoms with E-state index in [0.29, 0.717) is 12.1 Å². The molecule has 0 aliphatic carbocycles. The minimum absolute atomic E-state index is 0.0426. The lowest BCUT2D eigenvalue weighted by atomic mass is 10.0. The Morgan fingerprint density at radius 1 is 1.53 bits per heavy atom. The topological polar surface area (TPSA) is 68.1 Å². The van der Waals surface area contributed by atoms with Crippen LogP contribution in [0.4, 0.5) is 5.69 Å². The van der Waals surface area contributed by atoms with Crippen LogP contribution in [0.25, 0.3) is 0 Å². The number of thiazole rings is 1. The average Bonchev–Trinajstić information content (AvgIpc) is 2.89. The molecular weight excluding hydrogens is 262 g/mol. The minimum Gasteiger partial charge on any atom is -0.305 e. The molecule has 5 nitrogen and oxygen atoms in total. The molecule has 1 N–H and O–H groups in total. The summed E-state index contributed by atoms with van der Waals surface area (Å²) in [5.74, 6) is 0. The Kier molecular flexibility index (Phi) is 4.24. The summed E-state index contributed by atoms with van der Waals surface area (Å²) in [7, 11) is 0. The van der Waals surface area contributed by atoms with Gasteiger partial charge >= 0.3 is 0 Å². The number of nitro benzene ring substituents is 1. The van der Waals surface area contributed by atoms with E-state index in [2.05, 4.69) is 10.3 Å². The monoisotopic (exact) mass is 277 g/mol. The number of nitrogens with zero attached hydrogens (tertiary/aromatic N) is 2. The summed E-state index contributed by atoms with van der Waals surface area (Å²) in [4.78, 5) is 14.8. The third-order valence-corrected chi connectivity index (χ3v) is 3.64. The Morgan fingerprint density at radius 2 is 2.32 bits per heavy atom. The number of nitrogens with one attached hydrogen (secondary N) is 1. The number of rotatable bonds is 5. The molecule has 0 aliphatic heterocycles. The first-order chi connectivity index (χ1) is 9.08. The molecule has 0 amide bonds. The molecule has 2 aromatic rings. The van der Waals surface area contributed by atoms with Gasteiger partial charge in [0.1, 0.15) is 0 Å². The second kappa shape index (κ2) is 5.90. The first kappa shape index (κ1) is 13.6. The second-order valence-electron chi connectivity index (χ2n) is 4.39. The summed E-state index contributed by atoms with van der Waals surface area (Å²) in [5.41, 5.74) is 4.53. The van der Waals surface area contributed by atoms with E-state index in [-0.39, 0.29) is 16.7 Å². The van der Waals surface area contributed by atoms with Gasteiger partial charge in [0.2, 0.25) is 0 Å². The van der Waals surface area contributed by atoms with Crippen LogP contribution in [-0.2, 0) is 6.54 Å². The van der Waals surface area contributed by atoms with Crippen molar-refractivity contribution in [1.29, 1.82) is 0 Å². The molecule has 1 unspecified atom stereocenters. The second-order valence-corrected chi connectivity index (χ2v) is 5.10. The SMILES string of the molecule is Cc1ccc(C(C)NCc2cscn2)cc1[N+](=O)[O-]. The van der Waals surface area contributed by atoms with Crippen molar-refractivity contribution in [3.8, 4) is 0 Å². The van der Waals surface area contributed by atoms with E-state index < -0.39 is 0 Å². The predicted octanol–water partition coefficient (Wildman–Crippen LogP) is 3.21. The molecule has 0 aliphatic rings. The summed E-state index contributed by atoms with van der Waals surface area (Å²) in [6, 6.07) is 5.38. The zero-order chi connectivity index (χ0) is 13.8. The quantitative estimate of drug-likeness (QED) is 0.673. The van der Waals surface area contributed by atoms with Crippen LogP contribution in [0.3, 0.4) is 0 Å². The van der Waals surface area contributed by atoms with Crippen molar-refractivity contribution in [2.75, 3.05) is 0 Å². The van der Waals surface area contributed by atoms with Gasteiger partial charge < -0.3 is 5.32 Å². The van der Waals surface area contributed by atoms with E-state index >= 15 is 0 Å². The maximum Gasteiger partial charge on any atom is 0.272 e.